The fourth-order valence-electron chi connectivity index (χ4n) is 3.69. The molecular formula is C24H35IN4O2. The van der Waals surface area contributed by atoms with Crippen molar-refractivity contribution in [1.82, 2.24) is 15.5 Å². The Kier molecular flexibility index (Phi) is 11.5. The lowest BCUT2D eigenvalue weighted by Crippen LogP contribution is -2.41. The minimum atomic E-state index is 0. The van der Waals surface area contributed by atoms with E-state index in [0.29, 0.717) is 19.1 Å². The first-order valence-corrected chi connectivity index (χ1v) is 10.7. The number of aliphatic imine (C=N–C) groups is 1. The van der Waals surface area contributed by atoms with E-state index >= 15 is 0 Å². The second kappa shape index (κ2) is 14.1. The van der Waals surface area contributed by atoms with Crippen molar-refractivity contribution in [3.63, 3.8) is 0 Å². The molecular weight excluding hydrogens is 503 g/mol. The summed E-state index contributed by atoms with van der Waals surface area (Å²) in [6, 6.07) is 18.4. The van der Waals surface area contributed by atoms with Gasteiger partial charge in [-0.15, -0.1) is 24.0 Å². The summed E-state index contributed by atoms with van der Waals surface area (Å²) in [5.41, 5.74) is 1.42. The van der Waals surface area contributed by atoms with Crippen molar-refractivity contribution in [1.29, 1.82) is 0 Å². The highest BCUT2D eigenvalue weighted by molar-refractivity contribution is 14.0. The number of benzene rings is 2. The van der Waals surface area contributed by atoms with Crippen molar-refractivity contribution in [2.75, 3.05) is 53.5 Å². The van der Waals surface area contributed by atoms with Crippen LogP contribution < -0.4 is 20.1 Å². The molecule has 0 radical (unpaired) electrons. The average molecular weight is 538 g/mol. The summed E-state index contributed by atoms with van der Waals surface area (Å²) in [4.78, 5) is 6.89. The van der Waals surface area contributed by atoms with Gasteiger partial charge in [-0.25, -0.2) is 0 Å². The largest absolute Gasteiger partial charge is 0.497 e. The average Bonchev–Trinajstić information content (AvgIpc) is 3.26. The predicted octanol–water partition coefficient (Wildman–Crippen LogP) is 3.42. The van der Waals surface area contributed by atoms with Crippen LogP contribution in [-0.4, -0.2) is 64.3 Å². The monoisotopic (exact) mass is 538 g/mol. The lowest BCUT2D eigenvalue weighted by Gasteiger charge is -2.17. The zero-order valence-corrected chi connectivity index (χ0v) is 20.9. The van der Waals surface area contributed by atoms with Crippen LogP contribution in [0.5, 0.6) is 11.5 Å². The SMILES string of the molecule is CN=C(NCCOc1ccc(OC)cc1)NCC1CCN(CCc2ccccc2)C1.I. The fraction of sp³-hybridized carbons (Fsp3) is 0.458. The number of methoxy groups -OCH3 is 1. The normalized spacial score (nSPS) is 16.5. The number of likely N-dealkylation sites (tertiary alicyclic amines) is 1. The Bertz CT molecular complexity index is 771. The number of nitrogens with one attached hydrogen (secondary N) is 2. The lowest BCUT2D eigenvalue weighted by molar-refractivity contribution is 0.320. The zero-order valence-electron chi connectivity index (χ0n) is 18.5. The number of halogens is 1. The van der Waals surface area contributed by atoms with Crippen LogP contribution in [0, 0.1) is 5.92 Å². The summed E-state index contributed by atoms with van der Waals surface area (Å²) in [6.07, 6.45) is 2.36. The molecule has 170 valence electrons. The van der Waals surface area contributed by atoms with E-state index in [1.807, 2.05) is 24.3 Å². The molecule has 1 aliphatic rings. The van der Waals surface area contributed by atoms with Crippen molar-refractivity contribution in [2.45, 2.75) is 12.8 Å². The predicted molar refractivity (Wildman–Crippen MR) is 138 cm³/mol. The number of ether oxygens (including phenoxy) is 2. The summed E-state index contributed by atoms with van der Waals surface area (Å²) in [5.74, 6) is 3.16. The summed E-state index contributed by atoms with van der Waals surface area (Å²) in [5, 5.41) is 6.78. The van der Waals surface area contributed by atoms with E-state index in [1.165, 1.54) is 18.5 Å². The van der Waals surface area contributed by atoms with Gasteiger partial charge in [-0.1, -0.05) is 30.3 Å². The van der Waals surface area contributed by atoms with Crippen LogP contribution in [-0.2, 0) is 6.42 Å². The van der Waals surface area contributed by atoms with E-state index in [4.69, 9.17) is 9.47 Å². The van der Waals surface area contributed by atoms with Gasteiger partial charge in [0.15, 0.2) is 5.96 Å². The summed E-state index contributed by atoms with van der Waals surface area (Å²) in [6.45, 7) is 5.68. The lowest BCUT2D eigenvalue weighted by atomic mass is 10.1. The minimum Gasteiger partial charge on any atom is -0.497 e. The molecule has 1 heterocycles. The third-order valence-corrected chi connectivity index (χ3v) is 5.43. The van der Waals surface area contributed by atoms with Gasteiger partial charge in [-0.05, 0) is 55.1 Å². The summed E-state index contributed by atoms with van der Waals surface area (Å²) < 4.78 is 10.9. The molecule has 1 aliphatic heterocycles. The number of hydrogen-bond donors (Lipinski definition) is 2. The van der Waals surface area contributed by atoms with Gasteiger partial charge < -0.3 is 25.0 Å². The van der Waals surface area contributed by atoms with Crippen molar-refractivity contribution in [3.05, 3.63) is 60.2 Å². The van der Waals surface area contributed by atoms with Crippen LogP contribution in [0.15, 0.2) is 59.6 Å². The molecule has 1 saturated heterocycles. The maximum absolute atomic E-state index is 5.75. The Morgan fingerprint density at radius 1 is 1.06 bits per heavy atom. The zero-order chi connectivity index (χ0) is 21.0. The first kappa shape index (κ1) is 25.3. The van der Waals surface area contributed by atoms with Crippen molar-refractivity contribution in [3.8, 4) is 11.5 Å². The van der Waals surface area contributed by atoms with Gasteiger partial charge in [-0.3, -0.25) is 4.99 Å². The van der Waals surface area contributed by atoms with E-state index < -0.39 is 0 Å². The van der Waals surface area contributed by atoms with Crippen LogP contribution in [0.2, 0.25) is 0 Å². The second-order valence-electron chi connectivity index (χ2n) is 7.59. The molecule has 31 heavy (non-hydrogen) atoms. The topological polar surface area (TPSA) is 58.1 Å². The Balaban J connectivity index is 0.00000341. The minimum absolute atomic E-state index is 0. The van der Waals surface area contributed by atoms with Gasteiger partial charge >= 0.3 is 0 Å². The maximum Gasteiger partial charge on any atom is 0.191 e. The van der Waals surface area contributed by atoms with Gasteiger partial charge in [0, 0.05) is 26.7 Å². The highest BCUT2D eigenvalue weighted by atomic mass is 127. The van der Waals surface area contributed by atoms with Gasteiger partial charge in [0.2, 0.25) is 0 Å². The molecule has 2 aromatic rings. The molecule has 0 spiro atoms. The van der Waals surface area contributed by atoms with Crippen LogP contribution in [0.4, 0.5) is 0 Å². The Morgan fingerprint density at radius 2 is 1.81 bits per heavy atom. The van der Waals surface area contributed by atoms with Crippen LogP contribution in [0.1, 0.15) is 12.0 Å². The van der Waals surface area contributed by atoms with E-state index in [0.717, 1.165) is 43.5 Å². The van der Waals surface area contributed by atoms with E-state index in [9.17, 15) is 0 Å². The van der Waals surface area contributed by atoms with Gasteiger partial charge in [0.1, 0.15) is 18.1 Å². The number of hydrogen-bond acceptors (Lipinski definition) is 4. The van der Waals surface area contributed by atoms with Gasteiger partial charge in [0.05, 0.1) is 13.7 Å². The van der Waals surface area contributed by atoms with Gasteiger partial charge in [0.25, 0.3) is 0 Å². The van der Waals surface area contributed by atoms with Gasteiger partial charge in [-0.2, -0.15) is 0 Å². The molecule has 1 atom stereocenters. The molecule has 3 rings (SSSR count). The van der Waals surface area contributed by atoms with Crippen molar-refractivity contribution >= 4 is 29.9 Å². The molecule has 6 nitrogen and oxygen atoms in total. The van der Waals surface area contributed by atoms with E-state index in [1.54, 1.807) is 14.2 Å². The smallest absolute Gasteiger partial charge is 0.191 e. The molecule has 0 aromatic heterocycles. The number of rotatable bonds is 10. The van der Waals surface area contributed by atoms with Crippen molar-refractivity contribution in [2.24, 2.45) is 10.9 Å². The molecule has 0 aliphatic carbocycles. The highest BCUT2D eigenvalue weighted by Crippen LogP contribution is 2.17. The van der Waals surface area contributed by atoms with Crippen LogP contribution >= 0.6 is 24.0 Å². The standard InChI is InChI=1S/C24H34N4O2.HI/c1-25-24(26-14-17-30-23-10-8-22(29-2)9-11-23)27-18-21-13-16-28(19-21)15-12-20-6-4-3-5-7-20;/h3-11,21H,12-19H2,1-2H3,(H2,25,26,27);1H. The highest BCUT2D eigenvalue weighted by Gasteiger charge is 2.22. The van der Waals surface area contributed by atoms with Crippen LogP contribution in [0.3, 0.4) is 0 Å². The molecule has 0 bridgehead atoms. The van der Waals surface area contributed by atoms with Crippen molar-refractivity contribution < 1.29 is 9.47 Å². The molecule has 2 aromatic carbocycles. The van der Waals surface area contributed by atoms with Crippen LogP contribution in [0.25, 0.3) is 0 Å². The Morgan fingerprint density at radius 3 is 2.52 bits per heavy atom. The number of guanidine groups is 1. The quantitative estimate of drug-likeness (QED) is 0.210. The summed E-state index contributed by atoms with van der Waals surface area (Å²) in [7, 11) is 3.46. The molecule has 0 amide bonds. The first-order valence-electron chi connectivity index (χ1n) is 10.7. The third-order valence-electron chi connectivity index (χ3n) is 5.43. The molecule has 7 heteroatoms. The first-order chi connectivity index (χ1) is 14.8. The van der Waals surface area contributed by atoms with E-state index in [-0.39, 0.29) is 24.0 Å². The second-order valence-corrected chi connectivity index (χ2v) is 7.59. The molecule has 1 fully saturated rings. The fourth-order valence-corrected chi connectivity index (χ4v) is 3.69. The molecule has 2 N–H and O–H groups in total. The molecule has 1 unspecified atom stereocenters. The third kappa shape index (κ3) is 8.95. The Labute approximate surface area is 203 Å². The summed E-state index contributed by atoms with van der Waals surface area (Å²) >= 11 is 0. The number of nitrogens with zero attached hydrogens (tertiary/aromatic N) is 2. The molecule has 0 saturated carbocycles. The van der Waals surface area contributed by atoms with E-state index in [2.05, 4.69) is 50.9 Å². The maximum atomic E-state index is 5.75. The Hall–Kier alpha value is -2.00.